The van der Waals surface area contributed by atoms with Crippen molar-refractivity contribution in [2.45, 2.75) is 19.8 Å². The number of nitrogens with zero attached hydrogens (tertiary/aromatic N) is 2. The Kier molecular flexibility index (Phi) is 2.85. The second kappa shape index (κ2) is 4.30. The van der Waals surface area contributed by atoms with Crippen LogP contribution < -0.4 is 5.73 Å². The fourth-order valence-corrected chi connectivity index (χ4v) is 1.48. The predicted octanol–water partition coefficient (Wildman–Crippen LogP) is 2.15. The van der Waals surface area contributed by atoms with E-state index in [1.807, 2.05) is 6.92 Å². The van der Waals surface area contributed by atoms with Crippen molar-refractivity contribution in [2.75, 3.05) is 5.73 Å². The third kappa shape index (κ3) is 2.03. The minimum absolute atomic E-state index is 0.332. The fourth-order valence-electron chi connectivity index (χ4n) is 1.48. The number of hydrogen-bond donors (Lipinski definition) is 2. The number of anilines is 1. The molecule has 0 radical (unpaired) electrons. The van der Waals surface area contributed by atoms with Gasteiger partial charge >= 0.3 is 0 Å². The summed E-state index contributed by atoms with van der Waals surface area (Å²) in [6.45, 7) is 2.04. The number of nitrogens with one attached hydrogen (secondary N) is 1. The Hall–Kier alpha value is -1.91. The molecule has 2 rings (SSSR count). The Balaban J connectivity index is 2.38. The van der Waals surface area contributed by atoms with Crippen molar-refractivity contribution in [1.82, 2.24) is 15.2 Å². The molecular formula is C11H13FN4. The normalized spacial score (nSPS) is 10.6. The van der Waals surface area contributed by atoms with E-state index in [0.29, 0.717) is 17.1 Å². The van der Waals surface area contributed by atoms with Crippen LogP contribution in [0.1, 0.15) is 19.2 Å². The van der Waals surface area contributed by atoms with Gasteiger partial charge in [-0.3, -0.25) is 5.10 Å². The van der Waals surface area contributed by atoms with Crippen molar-refractivity contribution in [3.63, 3.8) is 0 Å². The van der Waals surface area contributed by atoms with Gasteiger partial charge in [0.15, 0.2) is 5.82 Å². The zero-order valence-electron chi connectivity index (χ0n) is 9.00. The van der Waals surface area contributed by atoms with E-state index < -0.39 is 0 Å². The van der Waals surface area contributed by atoms with Gasteiger partial charge in [-0.2, -0.15) is 5.10 Å². The fraction of sp³-hybridized carbons (Fsp3) is 0.273. The van der Waals surface area contributed by atoms with Crippen molar-refractivity contribution in [2.24, 2.45) is 0 Å². The summed E-state index contributed by atoms with van der Waals surface area (Å²) >= 11 is 0. The number of nitrogens with two attached hydrogens (primary N) is 1. The lowest BCUT2D eigenvalue weighted by Crippen LogP contribution is -1.91. The molecule has 0 saturated heterocycles. The molecular weight excluding hydrogens is 207 g/mol. The summed E-state index contributed by atoms with van der Waals surface area (Å²) in [5.74, 6) is 0.754. The molecule has 0 spiro atoms. The molecule has 0 unspecified atom stereocenters. The average molecular weight is 220 g/mol. The summed E-state index contributed by atoms with van der Waals surface area (Å²) < 4.78 is 13.5. The number of aromatic nitrogens is 3. The molecule has 1 aromatic heterocycles. The standard InChI is InChI=1S/C11H13FN4/c1-2-3-10-14-11(16-15-10)8-6-7(13)4-5-9(8)12/h4-6H,2-3,13H2,1H3,(H,14,15,16). The molecule has 0 aliphatic rings. The molecule has 1 aromatic carbocycles. The lowest BCUT2D eigenvalue weighted by molar-refractivity contribution is 0.630. The monoisotopic (exact) mass is 220 g/mol. The maximum Gasteiger partial charge on any atom is 0.184 e. The number of benzene rings is 1. The molecule has 0 fully saturated rings. The summed E-state index contributed by atoms with van der Waals surface area (Å²) in [6.07, 6.45) is 1.77. The largest absolute Gasteiger partial charge is 0.399 e. The number of halogens is 1. The van der Waals surface area contributed by atoms with Crippen LogP contribution in [0.5, 0.6) is 0 Å². The highest BCUT2D eigenvalue weighted by molar-refractivity contribution is 5.61. The first-order valence-corrected chi connectivity index (χ1v) is 5.17. The van der Waals surface area contributed by atoms with Crippen molar-refractivity contribution in [3.05, 3.63) is 29.8 Å². The Bertz CT molecular complexity index is 492. The van der Waals surface area contributed by atoms with Gasteiger partial charge in [-0.05, 0) is 24.6 Å². The highest BCUT2D eigenvalue weighted by Gasteiger charge is 2.10. The average Bonchev–Trinajstić information content (AvgIpc) is 2.71. The van der Waals surface area contributed by atoms with Gasteiger partial charge in [0.05, 0.1) is 5.56 Å². The second-order valence-electron chi connectivity index (χ2n) is 3.59. The van der Waals surface area contributed by atoms with Gasteiger partial charge in [-0.15, -0.1) is 0 Å². The van der Waals surface area contributed by atoms with Crippen LogP contribution >= 0.6 is 0 Å². The molecule has 0 aliphatic heterocycles. The van der Waals surface area contributed by atoms with Gasteiger partial charge in [0.2, 0.25) is 0 Å². The molecule has 84 valence electrons. The molecule has 0 saturated carbocycles. The van der Waals surface area contributed by atoms with Crippen molar-refractivity contribution in [1.29, 1.82) is 0 Å². The Morgan fingerprint density at radius 3 is 3.00 bits per heavy atom. The molecule has 16 heavy (non-hydrogen) atoms. The predicted molar refractivity (Wildman–Crippen MR) is 60.2 cm³/mol. The van der Waals surface area contributed by atoms with Gasteiger partial charge in [0.1, 0.15) is 11.6 Å². The molecule has 3 N–H and O–H groups in total. The van der Waals surface area contributed by atoms with E-state index in [-0.39, 0.29) is 5.82 Å². The van der Waals surface area contributed by atoms with Crippen LogP contribution in [-0.2, 0) is 6.42 Å². The van der Waals surface area contributed by atoms with E-state index in [1.165, 1.54) is 18.2 Å². The maximum atomic E-state index is 13.5. The smallest absolute Gasteiger partial charge is 0.184 e. The van der Waals surface area contributed by atoms with Crippen molar-refractivity contribution < 1.29 is 4.39 Å². The Morgan fingerprint density at radius 1 is 1.44 bits per heavy atom. The summed E-state index contributed by atoms with van der Waals surface area (Å²) in [5.41, 5.74) is 6.43. The zero-order chi connectivity index (χ0) is 11.5. The topological polar surface area (TPSA) is 67.6 Å². The van der Waals surface area contributed by atoms with Gasteiger partial charge in [-0.25, -0.2) is 9.37 Å². The van der Waals surface area contributed by atoms with Crippen molar-refractivity contribution >= 4 is 5.69 Å². The van der Waals surface area contributed by atoms with Gasteiger partial charge in [-0.1, -0.05) is 6.92 Å². The quantitative estimate of drug-likeness (QED) is 0.779. The number of aromatic amines is 1. The van der Waals surface area contributed by atoms with Crippen molar-refractivity contribution in [3.8, 4) is 11.4 Å². The van der Waals surface area contributed by atoms with Crippen LogP contribution in [0.15, 0.2) is 18.2 Å². The van der Waals surface area contributed by atoms with E-state index in [9.17, 15) is 4.39 Å². The first kappa shape index (κ1) is 10.6. The summed E-state index contributed by atoms with van der Waals surface area (Å²) in [5, 5.41) is 6.76. The van der Waals surface area contributed by atoms with E-state index in [1.54, 1.807) is 0 Å². The number of nitrogen functional groups attached to an aromatic ring is 1. The molecule has 2 aromatic rings. The van der Waals surface area contributed by atoms with Crippen LogP contribution in [-0.4, -0.2) is 15.2 Å². The molecule has 5 heteroatoms. The van der Waals surface area contributed by atoms with Gasteiger partial charge < -0.3 is 5.73 Å². The Labute approximate surface area is 92.7 Å². The number of rotatable bonds is 3. The molecule has 0 amide bonds. The van der Waals surface area contributed by atoms with Gasteiger partial charge in [0, 0.05) is 12.1 Å². The van der Waals surface area contributed by atoms with E-state index in [4.69, 9.17) is 5.73 Å². The lowest BCUT2D eigenvalue weighted by Gasteiger charge is -1.99. The van der Waals surface area contributed by atoms with Crippen LogP contribution in [0.3, 0.4) is 0 Å². The molecule has 4 nitrogen and oxygen atoms in total. The highest BCUT2D eigenvalue weighted by Crippen LogP contribution is 2.21. The third-order valence-corrected chi connectivity index (χ3v) is 2.25. The zero-order valence-corrected chi connectivity index (χ0v) is 9.00. The number of aryl methyl sites for hydroxylation is 1. The SMILES string of the molecule is CCCc1nc(-c2cc(N)ccc2F)n[nH]1. The minimum atomic E-state index is -0.365. The van der Waals surface area contributed by atoms with Crippen LogP contribution in [0, 0.1) is 5.82 Å². The molecule has 1 heterocycles. The van der Waals surface area contributed by atoms with Gasteiger partial charge in [0.25, 0.3) is 0 Å². The molecule has 0 bridgehead atoms. The minimum Gasteiger partial charge on any atom is -0.399 e. The van der Waals surface area contributed by atoms with Crippen LogP contribution in [0.25, 0.3) is 11.4 Å². The Morgan fingerprint density at radius 2 is 2.25 bits per heavy atom. The summed E-state index contributed by atoms with van der Waals surface area (Å²) in [4.78, 5) is 4.21. The molecule has 0 atom stereocenters. The first-order valence-electron chi connectivity index (χ1n) is 5.17. The molecule has 0 aliphatic carbocycles. The summed E-state index contributed by atoms with van der Waals surface area (Å²) in [6, 6.07) is 4.37. The highest BCUT2D eigenvalue weighted by atomic mass is 19.1. The van der Waals surface area contributed by atoms with Crippen LogP contribution in [0.2, 0.25) is 0 Å². The maximum absolute atomic E-state index is 13.5. The van der Waals surface area contributed by atoms with E-state index >= 15 is 0 Å². The first-order chi connectivity index (χ1) is 7.70. The third-order valence-electron chi connectivity index (χ3n) is 2.25. The number of H-pyrrole nitrogens is 1. The summed E-state index contributed by atoms with van der Waals surface area (Å²) in [7, 11) is 0. The van der Waals surface area contributed by atoms with Crippen LogP contribution in [0.4, 0.5) is 10.1 Å². The lowest BCUT2D eigenvalue weighted by atomic mass is 10.2. The van der Waals surface area contributed by atoms with E-state index in [0.717, 1.165) is 18.7 Å². The number of hydrogen-bond acceptors (Lipinski definition) is 3. The van der Waals surface area contributed by atoms with E-state index in [2.05, 4.69) is 15.2 Å². The second-order valence-corrected chi connectivity index (χ2v) is 3.59.